The van der Waals surface area contributed by atoms with Crippen LogP contribution in [-0.4, -0.2) is 12.1 Å². The Bertz CT molecular complexity index is 804. The molecule has 112 valence electrons. The lowest BCUT2D eigenvalue weighted by molar-refractivity contribution is 0.103. The lowest BCUT2D eigenvalue weighted by atomic mass is 10.0. The first-order valence-corrected chi connectivity index (χ1v) is 7.19. The van der Waals surface area contributed by atoms with Gasteiger partial charge in [0.25, 0.3) is 0 Å². The predicted octanol–water partition coefficient (Wildman–Crippen LogP) is 4.52. The van der Waals surface area contributed by atoms with E-state index in [0.29, 0.717) is 22.4 Å². The Morgan fingerprint density at radius 1 is 0.696 bits per heavy atom. The van der Waals surface area contributed by atoms with E-state index in [2.05, 4.69) is 0 Å². The molecule has 0 unspecified atom stereocenters. The van der Waals surface area contributed by atoms with Crippen LogP contribution in [0.15, 0.2) is 78.9 Å². The first-order chi connectivity index (χ1) is 11.3. The fourth-order valence-electron chi connectivity index (χ4n) is 2.18. The third kappa shape index (κ3) is 3.52. The summed E-state index contributed by atoms with van der Waals surface area (Å²) in [6.07, 6.45) is 0.754. The number of ether oxygens (including phenoxy) is 1. The fraction of sp³-hybridized carbons (Fsp3) is 0. The average molecular weight is 302 g/mol. The van der Waals surface area contributed by atoms with Gasteiger partial charge in [-0.05, 0) is 36.4 Å². The Morgan fingerprint density at radius 3 is 1.78 bits per heavy atom. The van der Waals surface area contributed by atoms with Gasteiger partial charge in [0.05, 0.1) is 0 Å². The highest BCUT2D eigenvalue weighted by Crippen LogP contribution is 2.22. The summed E-state index contributed by atoms with van der Waals surface area (Å²) in [5.74, 6) is 1.33. The highest BCUT2D eigenvalue weighted by atomic mass is 16.5. The van der Waals surface area contributed by atoms with E-state index in [1.165, 1.54) is 0 Å². The minimum atomic E-state index is -0.0892. The fourth-order valence-corrected chi connectivity index (χ4v) is 2.18. The van der Waals surface area contributed by atoms with Gasteiger partial charge in [0.1, 0.15) is 17.8 Å². The smallest absolute Gasteiger partial charge is 0.193 e. The van der Waals surface area contributed by atoms with Crippen molar-refractivity contribution in [2.45, 2.75) is 0 Å². The van der Waals surface area contributed by atoms with Crippen molar-refractivity contribution in [3.8, 4) is 11.5 Å². The number of ketones is 1. The second kappa shape index (κ2) is 6.71. The predicted molar refractivity (Wildman–Crippen MR) is 88.2 cm³/mol. The van der Waals surface area contributed by atoms with Crippen molar-refractivity contribution in [1.29, 1.82) is 0 Å². The molecule has 0 saturated heterocycles. The summed E-state index contributed by atoms with van der Waals surface area (Å²) in [4.78, 5) is 23.0. The van der Waals surface area contributed by atoms with Gasteiger partial charge in [-0.3, -0.25) is 9.59 Å². The molecule has 0 spiro atoms. The normalized spacial score (nSPS) is 10.1. The van der Waals surface area contributed by atoms with Crippen LogP contribution >= 0.6 is 0 Å². The molecule has 23 heavy (non-hydrogen) atoms. The van der Waals surface area contributed by atoms with Crippen LogP contribution in [-0.2, 0) is 0 Å². The summed E-state index contributed by atoms with van der Waals surface area (Å²) in [5.41, 5.74) is 1.67. The molecule has 0 aliphatic heterocycles. The minimum absolute atomic E-state index is 0.0892. The van der Waals surface area contributed by atoms with Gasteiger partial charge in [-0.15, -0.1) is 0 Å². The number of rotatable bonds is 5. The molecule has 0 fully saturated rings. The number of carbonyl (C=O) groups is 2. The van der Waals surface area contributed by atoms with E-state index in [-0.39, 0.29) is 5.78 Å². The highest BCUT2D eigenvalue weighted by molar-refractivity contribution is 6.09. The SMILES string of the molecule is O=Cc1ccc(C(=O)c2ccc(Oc3ccccc3)cc2)cc1. The molecule has 3 heteroatoms. The molecule has 0 saturated carbocycles. The van der Waals surface area contributed by atoms with E-state index in [4.69, 9.17) is 4.74 Å². The summed E-state index contributed by atoms with van der Waals surface area (Å²) in [6.45, 7) is 0. The van der Waals surface area contributed by atoms with Crippen LogP contribution in [0, 0.1) is 0 Å². The van der Waals surface area contributed by atoms with Crippen molar-refractivity contribution < 1.29 is 14.3 Å². The van der Waals surface area contributed by atoms with E-state index in [0.717, 1.165) is 12.0 Å². The van der Waals surface area contributed by atoms with Crippen LogP contribution in [0.5, 0.6) is 11.5 Å². The van der Waals surface area contributed by atoms with Crippen LogP contribution in [0.25, 0.3) is 0 Å². The average Bonchev–Trinajstić information content (AvgIpc) is 2.63. The summed E-state index contributed by atoms with van der Waals surface area (Å²) >= 11 is 0. The highest BCUT2D eigenvalue weighted by Gasteiger charge is 2.09. The largest absolute Gasteiger partial charge is 0.457 e. The van der Waals surface area contributed by atoms with Gasteiger partial charge in [-0.1, -0.05) is 42.5 Å². The Morgan fingerprint density at radius 2 is 1.22 bits per heavy atom. The topological polar surface area (TPSA) is 43.4 Å². The molecule has 3 rings (SSSR count). The Kier molecular flexibility index (Phi) is 4.29. The van der Waals surface area contributed by atoms with Gasteiger partial charge in [0.2, 0.25) is 0 Å². The molecule has 0 amide bonds. The number of carbonyl (C=O) groups excluding carboxylic acids is 2. The minimum Gasteiger partial charge on any atom is -0.457 e. The van der Waals surface area contributed by atoms with Crippen molar-refractivity contribution in [2.24, 2.45) is 0 Å². The van der Waals surface area contributed by atoms with E-state index >= 15 is 0 Å². The van der Waals surface area contributed by atoms with Crippen LogP contribution < -0.4 is 4.74 Å². The van der Waals surface area contributed by atoms with Gasteiger partial charge in [-0.2, -0.15) is 0 Å². The van der Waals surface area contributed by atoms with Gasteiger partial charge in [0, 0.05) is 16.7 Å². The van der Waals surface area contributed by atoms with Crippen molar-refractivity contribution in [1.82, 2.24) is 0 Å². The summed E-state index contributed by atoms with van der Waals surface area (Å²) in [5, 5.41) is 0. The number of hydrogen-bond donors (Lipinski definition) is 0. The second-order valence-corrected chi connectivity index (χ2v) is 5.01. The second-order valence-electron chi connectivity index (χ2n) is 5.01. The Labute approximate surface area is 134 Å². The van der Waals surface area contributed by atoms with Crippen molar-refractivity contribution >= 4 is 12.1 Å². The monoisotopic (exact) mass is 302 g/mol. The zero-order chi connectivity index (χ0) is 16.1. The molecule has 3 aromatic carbocycles. The van der Waals surface area contributed by atoms with Crippen LogP contribution in [0.4, 0.5) is 0 Å². The van der Waals surface area contributed by atoms with Crippen LogP contribution in [0.1, 0.15) is 26.3 Å². The molecule has 0 bridgehead atoms. The molecule has 3 nitrogen and oxygen atoms in total. The molecule has 3 aromatic rings. The molecule has 0 N–H and O–H groups in total. The maximum absolute atomic E-state index is 12.4. The number of para-hydroxylation sites is 1. The van der Waals surface area contributed by atoms with E-state index in [1.807, 2.05) is 30.3 Å². The third-order valence-electron chi connectivity index (χ3n) is 3.40. The molecule has 0 heterocycles. The first-order valence-electron chi connectivity index (χ1n) is 7.19. The van der Waals surface area contributed by atoms with E-state index in [9.17, 15) is 9.59 Å². The third-order valence-corrected chi connectivity index (χ3v) is 3.40. The summed E-state index contributed by atoms with van der Waals surface area (Å²) < 4.78 is 5.70. The van der Waals surface area contributed by atoms with Gasteiger partial charge < -0.3 is 4.74 Å². The number of benzene rings is 3. The standard InChI is InChI=1S/C20H14O3/c21-14-15-6-8-16(9-7-15)20(22)17-10-12-19(13-11-17)23-18-4-2-1-3-5-18/h1-14H. The molecule has 0 aromatic heterocycles. The van der Waals surface area contributed by atoms with Crippen LogP contribution in [0.3, 0.4) is 0 Å². The lowest BCUT2D eigenvalue weighted by Crippen LogP contribution is -2.01. The summed E-state index contributed by atoms with van der Waals surface area (Å²) in [6, 6.07) is 23.0. The maximum Gasteiger partial charge on any atom is 0.193 e. The lowest BCUT2D eigenvalue weighted by Gasteiger charge is -2.06. The van der Waals surface area contributed by atoms with Crippen molar-refractivity contribution in [3.63, 3.8) is 0 Å². The maximum atomic E-state index is 12.4. The number of aldehydes is 1. The van der Waals surface area contributed by atoms with E-state index in [1.54, 1.807) is 48.5 Å². The van der Waals surface area contributed by atoms with Crippen LogP contribution in [0.2, 0.25) is 0 Å². The zero-order valence-corrected chi connectivity index (χ0v) is 12.3. The molecular formula is C20H14O3. The molecular weight excluding hydrogens is 288 g/mol. The Hall–Kier alpha value is -3.20. The molecule has 0 aliphatic rings. The first kappa shape index (κ1) is 14.7. The van der Waals surface area contributed by atoms with Crippen molar-refractivity contribution in [2.75, 3.05) is 0 Å². The van der Waals surface area contributed by atoms with E-state index < -0.39 is 0 Å². The number of hydrogen-bond acceptors (Lipinski definition) is 3. The zero-order valence-electron chi connectivity index (χ0n) is 12.3. The Balaban J connectivity index is 1.75. The molecule has 0 radical (unpaired) electrons. The van der Waals surface area contributed by atoms with Gasteiger partial charge >= 0.3 is 0 Å². The van der Waals surface area contributed by atoms with Gasteiger partial charge in [0.15, 0.2) is 5.78 Å². The molecule has 0 atom stereocenters. The van der Waals surface area contributed by atoms with Gasteiger partial charge in [-0.25, -0.2) is 0 Å². The van der Waals surface area contributed by atoms with Crippen molar-refractivity contribution in [3.05, 3.63) is 95.6 Å². The summed E-state index contributed by atoms with van der Waals surface area (Å²) in [7, 11) is 0. The quantitative estimate of drug-likeness (QED) is 0.514. The molecule has 0 aliphatic carbocycles.